The smallest absolute Gasteiger partial charge is 0.422 e. The summed E-state index contributed by atoms with van der Waals surface area (Å²) >= 11 is 5.86. The van der Waals surface area contributed by atoms with E-state index in [0.29, 0.717) is 5.69 Å². The highest BCUT2D eigenvalue weighted by Crippen LogP contribution is 2.27. The largest absolute Gasteiger partial charge is 0.482 e. The van der Waals surface area contributed by atoms with E-state index in [4.69, 9.17) is 16.9 Å². The topological polar surface area (TPSA) is 74.2 Å². The van der Waals surface area contributed by atoms with Crippen LogP contribution in [0.25, 0.3) is 0 Å². The number of hydrogen-bond donors (Lipinski definition) is 2. The maximum absolute atomic E-state index is 13.3. The van der Waals surface area contributed by atoms with Crippen molar-refractivity contribution in [3.05, 3.63) is 52.8 Å². The molecule has 2 rings (SSSR count). The summed E-state index contributed by atoms with van der Waals surface area (Å²) in [5, 5.41) is 14.0. The number of halogens is 5. The standard InChI is InChI=1S/C17H12ClF4N3O2/c18-13-6-12(3-1-10(13)7-23)25-16(26)8-24-14-5-11(19)2-4-15(14)27-9-17(20,21)22/h1-6,24H,8-9H2,(H,25,26). The second-order valence-corrected chi connectivity index (χ2v) is 5.66. The van der Waals surface area contributed by atoms with Crippen LogP contribution in [0.1, 0.15) is 5.56 Å². The molecule has 0 aliphatic heterocycles. The van der Waals surface area contributed by atoms with Crippen LogP contribution in [0.2, 0.25) is 5.02 Å². The fourth-order valence-corrected chi connectivity index (χ4v) is 2.21. The van der Waals surface area contributed by atoms with Gasteiger partial charge in [-0.25, -0.2) is 4.39 Å². The molecule has 2 aromatic carbocycles. The average Bonchev–Trinajstić information content (AvgIpc) is 2.58. The molecule has 0 bridgehead atoms. The van der Waals surface area contributed by atoms with E-state index in [9.17, 15) is 22.4 Å². The van der Waals surface area contributed by atoms with Crippen molar-refractivity contribution >= 4 is 28.9 Å². The first-order valence-corrected chi connectivity index (χ1v) is 7.78. The minimum absolute atomic E-state index is 0.104. The molecule has 0 aliphatic rings. The molecule has 0 atom stereocenters. The predicted octanol–water partition coefficient (Wildman–Crippen LogP) is 4.34. The number of benzene rings is 2. The minimum atomic E-state index is -4.56. The monoisotopic (exact) mass is 401 g/mol. The van der Waals surface area contributed by atoms with Gasteiger partial charge in [-0.1, -0.05) is 11.6 Å². The molecular formula is C17H12ClF4N3O2. The van der Waals surface area contributed by atoms with Gasteiger partial charge >= 0.3 is 6.18 Å². The minimum Gasteiger partial charge on any atom is -0.482 e. The Labute approximate surface area is 156 Å². The lowest BCUT2D eigenvalue weighted by atomic mass is 10.2. The van der Waals surface area contributed by atoms with Crippen molar-refractivity contribution in [1.82, 2.24) is 0 Å². The number of alkyl halides is 3. The maximum Gasteiger partial charge on any atom is 0.422 e. The van der Waals surface area contributed by atoms with Gasteiger partial charge in [0.1, 0.15) is 17.6 Å². The molecule has 0 heterocycles. The van der Waals surface area contributed by atoms with E-state index in [1.165, 1.54) is 18.2 Å². The zero-order chi connectivity index (χ0) is 20.0. The van der Waals surface area contributed by atoms with Gasteiger partial charge in [0.2, 0.25) is 5.91 Å². The number of hydrogen-bond acceptors (Lipinski definition) is 4. The number of nitrogens with one attached hydrogen (secondary N) is 2. The molecule has 2 N–H and O–H groups in total. The number of carbonyl (C=O) groups is 1. The van der Waals surface area contributed by atoms with Gasteiger partial charge in [-0.05, 0) is 30.3 Å². The van der Waals surface area contributed by atoms with Crippen LogP contribution < -0.4 is 15.4 Å². The Morgan fingerprint density at radius 3 is 2.59 bits per heavy atom. The summed E-state index contributed by atoms with van der Waals surface area (Å²) in [6.07, 6.45) is -4.56. The van der Waals surface area contributed by atoms with Crippen LogP contribution in [0.3, 0.4) is 0 Å². The molecule has 1 amide bonds. The fourth-order valence-electron chi connectivity index (χ4n) is 1.99. The van der Waals surface area contributed by atoms with Crippen LogP contribution in [0.15, 0.2) is 36.4 Å². The zero-order valence-electron chi connectivity index (χ0n) is 13.5. The van der Waals surface area contributed by atoms with Crippen LogP contribution in [0, 0.1) is 17.1 Å². The molecule has 5 nitrogen and oxygen atoms in total. The van der Waals surface area contributed by atoms with Gasteiger partial charge in [0.15, 0.2) is 6.61 Å². The number of amides is 1. The van der Waals surface area contributed by atoms with E-state index < -0.39 is 24.5 Å². The summed E-state index contributed by atoms with van der Waals surface area (Å²) in [4.78, 5) is 12.0. The molecule has 0 spiro atoms. The number of carbonyl (C=O) groups excluding carboxylic acids is 1. The summed E-state index contributed by atoms with van der Waals surface area (Å²) in [5.74, 6) is -1.53. The SMILES string of the molecule is N#Cc1ccc(NC(=O)CNc2cc(F)ccc2OCC(F)(F)F)cc1Cl. The second kappa shape index (κ2) is 8.60. The molecule has 2 aromatic rings. The van der Waals surface area contributed by atoms with Crippen molar-refractivity contribution in [1.29, 1.82) is 5.26 Å². The number of rotatable bonds is 6. The molecule has 10 heteroatoms. The van der Waals surface area contributed by atoms with Gasteiger partial charge in [-0.2, -0.15) is 18.4 Å². The van der Waals surface area contributed by atoms with Gasteiger partial charge in [0, 0.05) is 11.8 Å². The zero-order valence-corrected chi connectivity index (χ0v) is 14.3. The normalized spacial score (nSPS) is 10.8. The molecule has 27 heavy (non-hydrogen) atoms. The molecule has 0 fully saturated rings. The van der Waals surface area contributed by atoms with E-state index in [-0.39, 0.29) is 28.6 Å². The fraction of sp³-hybridized carbons (Fsp3) is 0.176. The van der Waals surface area contributed by atoms with Crippen LogP contribution >= 0.6 is 11.6 Å². The third-order valence-electron chi connectivity index (χ3n) is 3.15. The van der Waals surface area contributed by atoms with E-state index in [1.807, 2.05) is 6.07 Å². The third kappa shape index (κ3) is 6.34. The summed E-state index contributed by atoms with van der Waals surface area (Å²) < 4.78 is 54.8. The van der Waals surface area contributed by atoms with Crippen molar-refractivity contribution in [3.63, 3.8) is 0 Å². The van der Waals surface area contributed by atoms with Crippen LogP contribution in [0.4, 0.5) is 28.9 Å². The lowest BCUT2D eigenvalue weighted by Crippen LogP contribution is -2.23. The lowest BCUT2D eigenvalue weighted by molar-refractivity contribution is -0.153. The maximum atomic E-state index is 13.3. The number of anilines is 2. The van der Waals surface area contributed by atoms with Gasteiger partial charge in [0.25, 0.3) is 0 Å². The van der Waals surface area contributed by atoms with E-state index >= 15 is 0 Å². The average molecular weight is 402 g/mol. The number of ether oxygens (including phenoxy) is 1. The van der Waals surface area contributed by atoms with E-state index in [2.05, 4.69) is 15.4 Å². The Bertz CT molecular complexity index is 881. The number of nitriles is 1. The van der Waals surface area contributed by atoms with Crippen molar-refractivity contribution in [2.75, 3.05) is 23.8 Å². The summed E-state index contributed by atoms with van der Waals surface area (Å²) in [6, 6.07) is 9.01. The van der Waals surface area contributed by atoms with E-state index in [0.717, 1.165) is 18.2 Å². The molecule has 0 aromatic heterocycles. The van der Waals surface area contributed by atoms with E-state index in [1.54, 1.807) is 0 Å². The van der Waals surface area contributed by atoms with Crippen molar-refractivity contribution in [3.8, 4) is 11.8 Å². The van der Waals surface area contributed by atoms with Gasteiger partial charge in [-0.3, -0.25) is 4.79 Å². The summed E-state index contributed by atoms with van der Waals surface area (Å²) in [7, 11) is 0. The van der Waals surface area contributed by atoms with Crippen LogP contribution in [-0.4, -0.2) is 25.2 Å². The van der Waals surface area contributed by atoms with Gasteiger partial charge in [0.05, 0.1) is 22.8 Å². The number of nitrogens with zero attached hydrogens (tertiary/aromatic N) is 1. The Kier molecular flexibility index (Phi) is 6.47. The Morgan fingerprint density at radius 2 is 1.96 bits per heavy atom. The van der Waals surface area contributed by atoms with Crippen molar-refractivity contribution < 1.29 is 27.1 Å². The molecule has 0 unspecified atom stereocenters. The Hall–Kier alpha value is -2.99. The van der Waals surface area contributed by atoms with Crippen molar-refractivity contribution in [2.24, 2.45) is 0 Å². The molecule has 0 saturated carbocycles. The molecule has 0 aliphatic carbocycles. The highest BCUT2D eigenvalue weighted by Gasteiger charge is 2.29. The Morgan fingerprint density at radius 1 is 1.22 bits per heavy atom. The van der Waals surface area contributed by atoms with Crippen LogP contribution in [0.5, 0.6) is 5.75 Å². The molecular weight excluding hydrogens is 390 g/mol. The first-order chi connectivity index (χ1) is 12.7. The third-order valence-corrected chi connectivity index (χ3v) is 3.46. The second-order valence-electron chi connectivity index (χ2n) is 5.25. The molecule has 142 valence electrons. The van der Waals surface area contributed by atoms with Crippen molar-refractivity contribution in [2.45, 2.75) is 6.18 Å². The summed E-state index contributed by atoms with van der Waals surface area (Å²) in [6.45, 7) is -1.92. The first-order valence-electron chi connectivity index (χ1n) is 7.40. The predicted molar refractivity (Wildman–Crippen MR) is 91.2 cm³/mol. The molecule has 0 saturated heterocycles. The Balaban J connectivity index is 2.01. The molecule has 0 radical (unpaired) electrons. The van der Waals surface area contributed by atoms with Crippen LogP contribution in [-0.2, 0) is 4.79 Å². The quantitative estimate of drug-likeness (QED) is 0.706. The van der Waals surface area contributed by atoms with Gasteiger partial charge in [-0.15, -0.1) is 0 Å². The summed E-state index contributed by atoms with van der Waals surface area (Å²) in [5.41, 5.74) is 0.449. The highest BCUT2D eigenvalue weighted by atomic mass is 35.5. The van der Waals surface area contributed by atoms with Gasteiger partial charge < -0.3 is 15.4 Å². The highest BCUT2D eigenvalue weighted by molar-refractivity contribution is 6.32. The first kappa shape index (κ1) is 20.3. The lowest BCUT2D eigenvalue weighted by Gasteiger charge is -2.14.